The fourth-order valence-electron chi connectivity index (χ4n) is 2.12. The molecule has 0 spiro atoms. The summed E-state index contributed by atoms with van der Waals surface area (Å²) in [6.07, 6.45) is 3.18. The maximum atomic E-state index is 12.9. The number of carbonyl (C=O) groups excluding carboxylic acids is 1. The number of nitrogens with zero attached hydrogens (tertiary/aromatic N) is 2. The third-order valence-corrected chi connectivity index (χ3v) is 3.04. The van der Waals surface area contributed by atoms with Crippen LogP contribution in [0.25, 0.3) is 5.52 Å². The lowest BCUT2D eigenvalue weighted by Gasteiger charge is -2.01. The van der Waals surface area contributed by atoms with Crippen LogP contribution < -0.4 is 0 Å². The van der Waals surface area contributed by atoms with Crippen molar-refractivity contribution in [2.45, 2.75) is 6.42 Å². The lowest BCUT2D eigenvalue weighted by Crippen LogP contribution is -1.96. The van der Waals surface area contributed by atoms with Crippen LogP contribution in [0.2, 0.25) is 0 Å². The van der Waals surface area contributed by atoms with E-state index in [0.29, 0.717) is 12.1 Å². The largest absolute Gasteiger partial charge is 0.303 e. The molecular weight excluding hydrogens is 243 g/mol. The van der Waals surface area contributed by atoms with Gasteiger partial charge < -0.3 is 4.40 Å². The van der Waals surface area contributed by atoms with Crippen LogP contribution >= 0.6 is 0 Å². The molecule has 0 bridgehead atoms. The third-order valence-electron chi connectivity index (χ3n) is 3.04. The van der Waals surface area contributed by atoms with Crippen LogP contribution in [0.1, 0.15) is 21.9 Å². The summed E-state index contributed by atoms with van der Waals surface area (Å²) in [6.45, 7) is 0. The predicted octanol–water partition coefficient (Wildman–Crippen LogP) is 2.88. The molecule has 0 aliphatic carbocycles. The first-order valence-electron chi connectivity index (χ1n) is 5.93. The summed E-state index contributed by atoms with van der Waals surface area (Å²) in [5.41, 5.74) is 2.17. The molecule has 0 amide bonds. The molecule has 0 fully saturated rings. The molecule has 0 aliphatic rings. The Balaban J connectivity index is 2.05. The fraction of sp³-hybridized carbons (Fsp3) is 0.0667. The van der Waals surface area contributed by atoms with Crippen LogP contribution in [0, 0.1) is 5.82 Å². The average Bonchev–Trinajstić information content (AvgIpc) is 2.80. The van der Waals surface area contributed by atoms with E-state index < -0.39 is 0 Å². The highest BCUT2D eigenvalue weighted by molar-refractivity contribution is 5.83. The van der Waals surface area contributed by atoms with Crippen molar-refractivity contribution in [1.29, 1.82) is 0 Å². The van der Waals surface area contributed by atoms with Gasteiger partial charge in [-0.05, 0) is 29.8 Å². The lowest BCUT2D eigenvalue weighted by molar-refractivity contribution is 0.112. The van der Waals surface area contributed by atoms with Crippen molar-refractivity contribution in [2.24, 2.45) is 0 Å². The summed E-state index contributed by atoms with van der Waals surface area (Å²) in [7, 11) is 0. The van der Waals surface area contributed by atoms with Gasteiger partial charge in [-0.15, -0.1) is 0 Å². The zero-order valence-corrected chi connectivity index (χ0v) is 10.1. The summed E-state index contributed by atoms with van der Waals surface area (Å²) in [6, 6.07) is 11.9. The summed E-state index contributed by atoms with van der Waals surface area (Å²) in [5, 5.41) is 0. The molecule has 0 atom stereocenters. The Labute approximate surface area is 109 Å². The normalized spacial score (nSPS) is 10.8. The van der Waals surface area contributed by atoms with Gasteiger partial charge in [-0.2, -0.15) is 0 Å². The minimum atomic E-state index is -0.259. The Morgan fingerprint density at radius 1 is 1.16 bits per heavy atom. The van der Waals surface area contributed by atoms with Crippen molar-refractivity contribution in [2.75, 3.05) is 0 Å². The van der Waals surface area contributed by atoms with Gasteiger partial charge in [-0.3, -0.25) is 4.79 Å². The van der Waals surface area contributed by atoms with Crippen molar-refractivity contribution in [3.8, 4) is 0 Å². The van der Waals surface area contributed by atoms with Crippen LogP contribution in [0.4, 0.5) is 4.39 Å². The van der Waals surface area contributed by atoms with Gasteiger partial charge in [0.2, 0.25) is 0 Å². The minimum absolute atomic E-state index is 0.259. The molecular formula is C15H11FN2O. The van der Waals surface area contributed by atoms with Crippen LogP contribution in [-0.4, -0.2) is 15.7 Å². The smallest absolute Gasteiger partial charge is 0.170 e. The van der Waals surface area contributed by atoms with E-state index in [9.17, 15) is 9.18 Å². The number of carbonyl (C=O) groups is 1. The van der Waals surface area contributed by atoms with E-state index in [1.54, 1.807) is 12.1 Å². The van der Waals surface area contributed by atoms with E-state index in [2.05, 4.69) is 4.98 Å². The zero-order valence-electron chi connectivity index (χ0n) is 10.1. The Morgan fingerprint density at radius 2 is 1.95 bits per heavy atom. The fourth-order valence-corrected chi connectivity index (χ4v) is 2.12. The molecule has 3 nitrogen and oxygen atoms in total. The molecule has 2 aromatic heterocycles. The summed E-state index contributed by atoms with van der Waals surface area (Å²) < 4.78 is 14.8. The Hall–Kier alpha value is -2.49. The molecule has 0 aliphatic heterocycles. The van der Waals surface area contributed by atoms with Crippen molar-refractivity contribution >= 4 is 11.8 Å². The molecule has 0 saturated carbocycles. The highest BCUT2D eigenvalue weighted by Crippen LogP contribution is 2.15. The first-order valence-corrected chi connectivity index (χ1v) is 5.93. The van der Waals surface area contributed by atoms with Gasteiger partial charge in [0.25, 0.3) is 0 Å². The molecule has 0 saturated heterocycles. The van der Waals surface area contributed by atoms with Gasteiger partial charge in [0.15, 0.2) is 6.29 Å². The van der Waals surface area contributed by atoms with Gasteiger partial charge in [0, 0.05) is 12.6 Å². The molecule has 2 heterocycles. The molecule has 0 radical (unpaired) electrons. The van der Waals surface area contributed by atoms with E-state index in [4.69, 9.17) is 0 Å². The number of halogens is 1. The van der Waals surface area contributed by atoms with Crippen LogP contribution in [0.15, 0.2) is 48.7 Å². The van der Waals surface area contributed by atoms with E-state index in [1.807, 2.05) is 28.8 Å². The maximum absolute atomic E-state index is 12.9. The lowest BCUT2D eigenvalue weighted by atomic mass is 10.1. The molecule has 4 heteroatoms. The van der Waals surface area contributed by atoms with Gasteiger partial charge in [0.1, 0.15) is 17.3 Å². The first kappa shape index (κ1) is 11.6. The molecule has 19 heavy (non-hydrogen) atoms. The number of hydrogen-bond acceptors (Lipinski definition) is 2. The molecule has 0 unspecified atom stereocenters. The van der Waals surface area contributed by atoms with Crippen molar-refractivity contribution in [1.82, 2.24) is 9.38 Å². The second-order valence-corrected chi connectivity index (χ2v) is 4.29. The van der Waals surface area contributed by atoms with Gasteiger partial charge in [-0.25, -0.2) is 9.37 Å². The van der Waals surface area contributed by atoms with E-state index >= 15 is 0 Å². The summed E-state index contributed by atoms with van der Waals surface area (Å²) >= 11 is 0. The molecule has 94 valence electrons. The second kappa shape index (κ2) is 4.65. The number of fused-ring (bicyclic) bond motifs is 1. The SMILES string of the molecule is O=Cc1nc(Cc2ccc(F)cc2)n2ccccc12. The Morgan fingerprint density at radius 3 is 2.68 bits per heavy atom. The zero-order chi connectivity index (χ0) is 13.2. The molecule has 3 aromatic rings. The van der Waals surface area contributed by atoms with Crippen LogP contribution in [-0.2, 0) is 6.42 Å². The number of hydrogen-bond donors (Lipinski definition) is 0. The van der Waals surface area contributed by atoms with Crippen molar-refractivity contribution in [3.05, 3.63) is 71.6 Å². The van der Waals surface area contributed by atoms with Crippen LogP contribution in [0.3, 0.4) is 0 Å². The predicted molar refractivity (Wildman–Crippen MR) is 69.8 cm³/mol. The number of aldehydes is 1. The maximum Gasteiger partial charge on any atom is 0.170 e. The molecule has 0 N–H and O–H groups in total. The number of pyridine rings is 1. The van der Waals surface area contributed by atoms with Crippen molar-refractivity contribution < 1.29 is 9.18 Å². The average molecular weight is 254 g/mol. The number of imidazole rings is 1. The van der Waals surface area contributed by atoms with E-state index in [1.165, 1.54) is 12.1 Å². The molecule has 1 aromatic carbocycles. The topological polar surface area (TPSA) is 34.4 Å². The Bertz CT molecular complexity index is 731. The van der Waals surface area contributed by atoms with E-state index in [-0.39, 0.29) is 5.82 Å². The highest BCUT2D eigenvalue weighted by atomic mass is 19.1. The number of aromatic nitrogens is 2. The van der Waals surface area contributed by atoms with Crippen molar-refractivity contribution in [3.63, 3.8) is 0 Å². The summed E-state index contributed by atoms with van der Waals surface area (Å²) in [4.78, 5) is 15.3. The van der Waals surface area contributed by atoms with Gasteiger partial charge >= 0.3 is 0 Å². The van der Waals surface area contributed by atoms with Gasteiger partial charge in [-0.1, -0.05) is 18.2 Å². The number of rotatable bonds is 3. The monoisotopic (exact) mass is 254 g/mol. The Kier molecular flexibility index (Phi) is 2.83. The standard InChI is InChI=1S/C15H11FN2O/c16-12-6-4-11(5-7-12)9-15-17-13(10-19)14-3-1-2-8-18(14)15/h1-8,10H,9H2. The second-order valence-electron chi connectivity index (χ2n) is 4.29. The highest BCUT2D eigenvalue weighted by Gasteiger charge is 2.10. The minimum Gasteiger partial charge on any atom is -0.303 e. The molecule has 3 rings (SSSR count). The van der Waals surface area contributed by atoms with Crippen LogP contribution in [0.5, 0.6) is 0 Å². The van der Waals surface area contributed by atoms with E-state index in [0.717, 1.165) is 23.2 Å². The third kappa shape index (κ3) is 2.12. The summed E-state index contributed by atoms with van der Waals surface area (Å²) in [5.74, 6) is 0.509. The quantitative estimate of drug-likeness (QED) is 0.673. The first-order chi connectivity index (χ1) is 9.28. The number of benzene rings is 1. The van der Waals surface area contributed by atoms with Gasteiger partial charge in [0.05, 0.1) is 5.52 Å².